The molecule has 0 saturated heterocycles. The number of ether oxygens (including phenoxy) is 1. The molecule has 17 heavy (non-hydrogen) atoms. The van der Waals surface area contributed by atoms with Crippen LogP contribution in [0.5, 0.6) is 0 Å². The van der Waals surface area contributed by atoms with Crippen LogP contribution in [-0.4, -0.2) is 40.2 Å². The molecule has 1 aromatic rings. The highest BCUT2D eigenvalue weighted by atomic mass is 19.4. The van der Waals surface area contributed by atoms with Gasteiger partial charge in [-0.2, -0.15) is 13.2 Å². The summed E-state index contributed by atoms with van der Waals surface area (Å²) in [5.41, 5.74) is 0. The fourth-order valence-corrected chi connectivity index (χ4v) is 1.31. The van der Waals surface area contributed by atoms with Crippen molar-refractivity contribution in [1.82, 2.24) is 9.55 Å². The highest BCUT2D eigenvalue weighted by Crippen LogP contribution is 2.14. The highest BCUT2D eigenvalue weighted by molar-refractivity contribution is 4.92. The molecule has 0 radical (unpaired) electrons. The summed E-state index contributed by atoms with van der Waals surface area (Å²) in [5.74, 6) is 0.688. The van der Waals surface area contributed by atoms with Crippen LogP contribution in [0.2, 0.25) is 0 Å². The molecule has 1 rings (SSSR count). The smallest absolute Gasteiger partial charge is 0.393 e. The quantitative estimate of drug-likeness (QED) is 0.776. The van der Waals surface area contributed by atoms with Crippen molar-refractivity contribution >= 4 is 0 Å². The molecule has 7 heteroatoms. The number of halogens is 3. The van der Waals surface area contributed by atoms with Gasteiger partial charge in [0, 0.05) is 32.5 Å². The van der Waals surface area contributed by atoms with Crippen molar-refractivity contribution < 1.29 is 23.0 Å². The SMILES string of the molecule is Cn1ccnc1CC(O)CCOCC(F)(F)F. The van der Waals surface area contributed by atoms with Gasteiger partial charge in [0.05, 0.1) is 6.10 Å². The number of alkyl halides is 3. The van der Waals surface area contributed by atoms with Crippen LogP contribution in [0.15, 0.2) is 12.4 Å². The van der Waals surface area contributed by atoms with Crippen LogP contribution in [0.25, 0.3) is 0 Å². The molecule has 1 N–H and O–H groups in total. The topological polar surface area (TPSA) is 47.3 Å². The lowest BCUT2D eigenvalue weighted by atomic mass is 10.2. The van der Waals surface area contributed by atoms with Gasteiger partial charge >= 0.3 is 6.18 Å². The first kappa shape index (κ1) is 14.0. The van der Waals surface area contributed by atoms with E-state index in [9.17, 15) is 18.3 Å². The van der Waals surface area contributed by atoms with Gasteiger partial charge in [0.15, 0.2) is 0 Å². The molecule has 0 aliphatic heterocycles. The Labute approximate surface area is 97.0 Å². The minimum atomic E-state index is -4.31. The average Bonchev–Trinajstić information content (AvgIpc) is 2.58. The molecule has 4 nitrogen and oxygen atoms in total. The lowest BCUT2D eigenvalue weighted by Gasteiger charge is -2.11. The van der Waals surface area contributed by atoms with Crippen molar-refractivity contribution in [1.29, 1.82) is 0 Å². The van der Waals surface area contributed by atoms with Crippen molar-refractivity contribution in [3.8, 4) is 0 Å². The highest BCUT2D eigenvalue weighted by Gasteiger charge is 2.27. The maximum Gasteiger partial charge on any atom is 0.411 e. The molecule has 1 aromatic heterocycles. The number of aromatic nitrogens is 2. The largest absolute Gasteiger partial charge is 0.411 e. The summed E-state index contributed by atoms with van der Waals surface area (Å²) in [5, 5.41) is 9.56. The number of rotatable bonds is 6. The molecule has 0 spiro atoms. The Hall–Kier alpha value is -1.08. The van der Waals surface area contributed by atoms with E-state index in [2.05, 4.69) is 9.72 Å². The fourth-order valence-electron chi connectivity index (χ4n) is 1.31. The molecule has 0 amide bonds. The van der Waals surface area contributed by atoms with E-state index in [1.165, 1.54) is 0 Å². The van der Waals surface area contributed by atoms with E-state index in [4.69, 9.17) is 0 Å². The third-order valence-corrected chi connectivity index (χ3v) is 2.20. The van der Waals surface area contributed by atoms with Crippen LogP contribution < -0.4 is 0 Å². The zero-order valence-corrected chi connectivity index (χ0v) is 9.44. The monoisotopic (exact) mass is 252 g/mol. The second-order valence-electron chi connectivity index (χ2n) is 3.77. The zero-order valence-electron chi connectivity index (χ0n) is 9.44. The van der Waals surface area contributed by atoms with Gasteiger partial charge in [-0.15, -0.1) is 0 Å². The van der Waals surface area contributed by atoms with Gasteiger partial charge in [-0.25, -0.2) is 4.98 Å². The first-order valence-corrected chi connectivity index (χ1v) is 5.17. The van der Waals surface area contributed by atoms with Crippen molar-refractivity contribution in [3.05, 3.63) is 18.2 Å². The molecule has 0 fully saturated rings. The summed E-state index contributed by atoms with van der Waals surface area (Å²) in [6.45, 7) is -1.40. The van der Waals surface area contributed by atoms with E-state index in [0.717, 1.165) is 0 Å². The average molecular weight is 252 g/mol. The first-order valence-electron chi connectivity index (χ1n) is 5.17. The zero-order chi connectivity index (χ0) is 12.9. The van der Waals surface area contributed by atoms with E-state index < -0.39 is 18.9 Å². The van der Waals surface area contributed by atoms with Crippen LogP contribution in [0.1, 0.15) is 12.2 Å². The summed E-state index contributed by atoms with van der Waals surface area (Å²) in [4.78, 5) is 4.01. The predicted molar refractivity (Wildman–Crippen MR) is 54.4 cm³/mol. The molecule has 1 heterocycles. The van der Waals surface area contributed by atoms with Gasteiger partial charge in [-0.1, -0.05) is 0 Å². The van der Waals surface area contributed by atoms with Gasteiger partial charge in [-0.3, -0.25) is 0 Å². The molecule has 98 valence electrons. The van der Waals surface area contributed by atoms with E-state index in [0.29, 0.717) is 12.2 Å². The molecule has 0 aliphatic rings. The van der Waals surface area contributed by atoms with E-state index in [-0.39, 0.29) is 13.0 Å². The predicted octanol–water partition coefficient (Wildman–Crippen LogP) is 1.29. The fraction of sp³-hybridized carbons (Fsp3) is 0.700. The van der Waals surface area contributed by atoms with Gasteiger partial charge in [-0.05, 0) is 6.42 Å². The van der Waals surface area contributed by atoms with Crippen LogP contribution in [0.3, 0.4) is 0 Å². The number of imidazole rings is 1. The molecule has 0 saturated carbocycles. The number of aliphatic hydroxyl groups is 1. The number of hydrogen-bond donors (Lipinski definition) is 1. The first-order chi connectivity index (χ1) is 7.88. The molecular weight excluding hydrogens is 237 g/mol. The molecule has 1 unspecified atom stereocenters. The summed E-state index contributed by atoms with van der Waals surface area (Å²) in [6.07, 6.45) is -1.26. The van der Waals surface area contributed by atoms with Crippen molar-refractivity contribution in [3.63, 3.8) is 0 Å². The van der Waals surface area contributed by atoms with Gasteiger partial charge < -0.3 is 14.4 Å². The Morgan fingerprint density at radius 3 is 2.76 bits per heavy atom. The minimum absolute atomic E-state index is 0.120. The third-order valence-electron chi connectivity index (χ3n) is 2.20. The maximum absolute atomic E-state index is 11.7. The van der Waals surface area contributed by atoms with E-state index in [1.807, 2.05) is 0 Å². The van der Waals surface area contributed by atoms with Crippen molar-refractivity contribution in [2.75, 3.05) is 13.2 Å². The number of hydrogen-bond acceptors (Lipinski definition) is 3. The molecule has 0 aliphatic carbocycles. The summed E-state index contributed by atoms with van der Waals surface area (Å²) in [6, 6.07) is 0. The Kier molecular flexibility index (Phi) is 4.95. The molecular formula is C10H15F3N2O2. The van der Waals surface area contributed by atoms with Crippen LogP contribution >= 0.6 is 0 Å². The normalized spacial score (nSPS) is 13.9. The third kappa shape index (κ3) is 5.69. The number of aliphatic hydroxyl groups excluding tert-OH is 1. The molecule has 0 aromatic carbocycles. The van der Waals surface area contributed by atoms with Crippen LogP contribution in [0.4, 0.5) is 13.2 Å². The van der Waals surface area contributed by atoms with E-state index in [1.54, 1.807) is 24.0 Å². The summed E-state index contributed by atoms with van der Waals surface area (Å²) >= 11 is 0. The Balaban J connectivity index is 2.18. The standard InChI is InChI=1S/C10H15F3N2O2/c1-15-4-3-14-9(15)6-8(16)2-5-17-7-10(11,12)13/h3-4,8,16H,2,5-7H2,1H3. The van der Waals surface area contributed by atoms with Crippen LogP contribution in [-0.2, 0) is 18.2 Å². The Morgan fingerprint density at radius 2 is 2.24 bits per heavy atom. The Morgan fingerprint density at radius 1 is 1.53 bits per heavy atom. The lowest BCUT2D eigenvalue weighted by molar-refractivity contribution is -0.175. The van der Waals surface area contributed by atoms with Crippen molar-refractivity contribution in [2.45, 2.75) is 25.1 Å². The minimum Gasteiger partial charge on any atom is -0.393 e. The molecule has 1 atom stereocenters. The van der Waals surface area contributed by atoms with Crippen LogP contribution in [0, 0.1) is 0 Å². The molecule has 0 bridgehead atoms. The maximum atomic E-state index is 11.7. The summed E-state index contributed by atoms with van der Waals surface area (Å²) in [7, 11) is 1.79. The second-order valence-corrected chi connectivity index (χ2v) is 3.77. The van der Waals surface area contributed by atoms with Gasteiger partial charge in [0.25, 0.3) is 0 Å². The number of aryl methyl sites for hydroxylation is 1. The summed E-state index contributed by atoms with van der Waals surface area (Å²) < 4.78 is 41.4. The van der Waals surface area contributed by atoms with E-state index >= 15 is 0 Å². The second kappa shape index (κ2) is 6.02. The lowest BCUT2D eigenvalue weighted by Crippen LogP contribution is -2.20. The van der Waals surface area contributed by atoms with Gasteiger partial charge in [0.1, 0.15) is 12.4 Å². The Bertz CT molecular complexity index is 339. The van der Waals surface area contributed by atoms with Crippen molar-refractivity contribution in [2.24, 2.45) is 7.05 Å². The number of nitrogens with zero attached hydrogens (tertiary/aromatic N) is 2. The van der Waals surface area contributed by atoms with Gasteiger partial charge in [0.2, 0.25) is 0 Å².